The lowest BCUT2D eigenvalue weighted by atomic mass is 10.1. The third-order valence-corrected chi connectivity index (χ3v) is 5.37. The van der Waals surface area contributed by atoms with Crippen molar-refractivity contribution in [2.45, 2.75) is 0 Å². The fourth-order valence-corrected chi connectivity index (χ4v) is 3.79. The fraction of sp³-hybridized carbons (Fsp3) is 0.0476. The molecule has 3 aromatic carbocycles. The van der Waals surface area contributed by atoms with Crippen molar-refractivity contribution in [3.63, 3.8) is 0 Å². The van der Waals surface area contributed by atoms with E-state index in [2.05, 4.69) is 40.2 Å². The Morgan fingerprint density at radius 2 is 1.50 bits per heavy atom. The predicted molar refractivity (Wildman–Crippen MR) is 116 cm³/mol. The first-order chi connectivity index (χ1) is 12.8. The quantitative estimate of drug-likeness (QED) is 0.511. The van der Waals surface area contributed by atoms with Crippen molar-refractivity contribution in [2.75, 3.05) is 10.8 Å². The van der Waals surface area contributed by atoms with Gasteiger partial charge in [-0.2, -0.15) is 5.10 Å². The van der Waals surface area contributed by atoms with E-state index in [0.29, 0.717) is 0 Å². The normalized spacial score (nSPS) is 15.8. The minimum absolute atomic E-state index is 0.788. The van der Waals surface area contributed by atoms with E-state index in [-0.39, 0.29) is 0 Å². The molecular weight excluding hydrogens is 406 g/mol. The summed E-state index contributed by atoms with van der Waals surface area (Å²) in [4.78, 5) is 4.81. The summed E-state index contributed by atoms with van der Waals surface area (Å²) in [5.41, 5.74) is 4.10. The fourth-order valence-electron chi connectivity index (χ4n) is 2.60. The molecule has 3 aromatic rings. The van der Waals surface area contributed by atoms with E-state index in [4.69, 9.17) is 10.1 Å². The Bertz CT molecular complexity index is 938. The molecule has 0 N–H and O–H groups in total. The van der Waals surface area contributed by atoms with Crippen LogP contribution in [0.2, 0.25) is 0 Å². The number of rotatable bonds is 3. The van der Waals surface area contributed by atoms with Gasteiger partial charge >= 0.3 is 0 Å². The summed E-state index contributed by atoms with van der Waals surface area (Å²) in [6.45, 7) is 0. The van der Waals surface area contributed by atoms with Crippen molar-refractivity contribution in [1.29, 1.82) is 0 Å². The molecule has 5 heteroatoms. The predicted octanol–water partition coefficient (Wildman–Crippen LogP) is 6.09. The number of hydrogen-bond acceptors (Lipinski definition) is 3. The largest absolute Gasteiger partial charge is 0.223 e. The standard InChI is InChI=1S/C21H16BrN3S/c22-17-13-11-16(12-14-17)20-15-26-21(23-18-7-3-1-4-8-18)25(24-20)19-9-5-2-6-10-19/h1-14H,15H2. The number of para-hydroxylation sites is 2. The van der Waals surface area contributed by atoms with E-state index < -0.39 is 0 Å². The van der Waals surface area contributed by atoms with Crippen LogP contribution in [0.5, 0.6) is 0 Å². The molecule has 128 valence electrons. The van der Waals surface area contributed by atoms with Gasteiger partial charge in [0.1, 0.15) is 0 Å². The Hall–Kier alpha value is -2.37. The molecule has 0 spiro atoms. The van der Waals surface area contributed by atoms with E-state index in [1.807, 2.05) is 65.7 Å². The lowest BCUT2D eigenvalue weighted by molar-refractivity contribution is 1.13. The van der Waals surface area contributed by atoms with E-state index in [0.717, 1.165) is 38.0 Å². The van der Waals surface area contributed by atoms with E-state index in [1.165, 1.54) is 0 Å². The second-order valence-electron chi connectivity index (χ2n) is 5.72. The van der Waals surface area contributed by atoms with Gasteiger partial charge in [-0.3, -0.25) is 0 Å². The van der Waals surface area contributed by atoms with Crippen molar-refractivity contribution >= 4 is 49.9 Å². The molecule has 0 aliphatic carbocycles. The number of aliphatic imine (C=N–C) groups is 1. The second-order valence-corrected chi connectivity index (χ2v) is 7.58. The van der Waals surface area contributed by atoms with Gasteiger partial charge in [0.25, 0.3) is 0 Å². The van der Waals surface area contributed by atoms with Gasteiger partial charge in [0.2, 0.25) is 0 Å². The first-order valence-corrected chi connectivity index (χ1v) is 10.0. The Morgan fingerprint density at radius 3 is 2.19 bits per heavy atom. The molecule has 0 atom stereocenters. The number of nitrogens with zero attached hydrogens (tertiary/aromatic N) is 3. The van der Waals surface area contributed by atoms with Crippen molar-refractivity contribution < 1.29 is 0 Å². The number of hydrogen-bond donors (Lipinski definition) is 0. The molecule has 1 aliphatic heterocycles. The van der Waals surface area contributed by atoms with Gasteiger partial charge in [0, 0.05) is 10.2 Å². The lowest BCUT2D eigenvalue weighted by Gasteiger charge is -2.26. The van der Waals surface area contributed by atoms with Crippen molar-refractivity contribution in [1.82, 2.24) is 0 Å². The molecule has 26 heavy (non-hydrogen) atoms. The van der Waals surface area contributed by atoms with Crippen LogP contribution in [0.1, 0.15) is 5.56 Å². The molecule has 0 amide bonds. The topological polar surface area (TPSA) is 28.0 Å². The van der Waals surface area contributed by atoms with Gasteiger partial charge < -0.3 is 0 Å². The van der Waals surface area contributed by atoms with Crippen LogP contribution in [0.4, 0.5) is 11.4 Å². The van der Waals surface area contributed by atoms with Crippen LogP contribution in [0, 0.1) is 0 Å². The summed E-state index contributed by atoms with van der Waals surface area (Å²) < 4.78 is 1.07. The summed E-state index contributed by atoms with van der Waals surface area (Å²) in [5.74, 6) is 0.788. The first-order valence-electron chi connectivity index (χ1n) is 8.25. The molecule has 0 aromatic heterocycles. The van der Waals surface area contributed by atoms with Crippen molar-refractivity contribution in [3.8, 4) is 0 Å². The molecule has 1 aliphatic rings. The van der Waals surface area contributed by atoms with Crippen LogP contribution >= 0.6 is 27.7 Å². The molecule has 0 bridgehead atoms. The average Bonchev–Trinajstić information content (AvgIpc) is 2.70. The van der Waals surface area contributed by atoms with Gasteiger partial charge in [0.05, 0.1) is 17.1 Å². The van der Waals surface area contributed by atoms with Gasteiger partial charge in [-0.25, -0.2) is 10.0 Å². The van der Waals surface area contributed by atoms with Crippen molar-refractivity contribution in [3.05, 3.63) is 95.0 Å². The minimum Gasteiger partial charge on any atom is -0.223 e. The third-order valence-electron chi connectivity index (χ3n) is 3.90. The highest BCUT2D eigenvalue weighted by atomic mass is 79.9. The number of hydrazone groups is 1. The smallest absolute Gasteiger partial charge is 0.190 e. The molecule has 3 nitrogen and oxygen atoms in total. The zero-order valence-electron chi connectivity index (χ0n) is 13.9. The molecule has 4 rings (SSSR count). The maximum atomic E-state index is 4.91. The number of thioether (sulfide) groups is 1. The monoisotopic (exact) mass is 421 g/mol. The van der Waals surface area contributed by atoms with Crippen LogP contribution in [0.15, 0.2) is 99.5 Å². The highest BCUT2D eigenvalue weighted by molar-refractivity contribution is 9.10. The van der Waals surface area contributed by atoms with Crippen LogP contribution in [0.3, 0.4) is 0 Å². The molecule has 1 heterocycles. The Morgan fingerprint density at radius 1 is 0.846 bits per heavy atom. The Kier molecular flexibility index (Phi) is 5.18. The first kappa shape index (κ1) is 17.1. The third kappa shape index (κ3) is 3.89. The van der Waals surface area contributed by atoms with Gasteiger partial charge in [-0.1, -0.05) is 76.2 Å². The number of benzene rings is 3. The summed E-state index contributed by atoms with van der Waals surface area (Å²) >= 11 is 5.19. The minimum atomic E-state index is 0.788. The molecular formula is C21H16BrN3S. The number of amidine groups is 1. The van der Waals surface area contributed by atoms with Gasteiger partial charge in [-0.05, 0) is 42.0 Å². The lowest BCUT2D eigenvalue weighted by Crippen LogP contribution is -2.30. The highest BCUT2D eigenvalue weighted by Crippen LogP contribution is 2.28. The van der Waals surface area contributed by atoms with Crippen LogP contribution in [0.25, 0.3) is 0 Å². The maximum Gasteiger partial charge on any atom is 0.190 e. The van der Waals surface area contributed by atoms with Crippen LogP contribution < -0.4 is 5.01 Å². The number of anilines is 1. The summed E-state index contributed by atoms with van der Waals surface area (Å²) in [7, 11) is 0. The Balaban J connectivity index is 1.75. The van der Waals surface area contributed by atoms with E-state index in [9.17, 15) is 0 Å². The second kappa shape index (κ2) is 7.89. The van der Waals surface area contributed by atoms with Gasteiger partial charge in [-0.15, -0.1) is 0 Å². The molecule has 0 saturated carbocycles. The summed E-state index contributed by atoms with van der Waals surface area (Å²) in [5, 5.41) is 7.72. The van der Waals surface area contributed by atoms with Crippen LogP contribution in [-0.2, 0) is 0 Å². The van der Waals surface area contributed by atoms with E-state index in [1.54, 1.807) is 11.8 Å². The molecule has 0 fully saturated rings. The molecule has 0 unspecified atom stereocenters. The van der Waals surface area contributed by atoms with Crippen LogP contribution in [-0.4, -0.2) is 16.6 Å². The highest BCUT2D eigenvalue weighted by Gasteiger charge is 2.22. The van der Waals surface area contributed by atoms with E-state index >= 15 is 0 Å². The van der Waals surface area contributed by atoms with Gasteiger partial charge in [0.15, 0.2) is 5.17 Å². The number of halogens is 1. The molecule has 0 radical (unpaired) electrons. The zero-order chi connectivity index (χ0) is 17.8. The average molecular weight is 422 g/mol. The SMILES string of the molecule is Brc1ccc(C2=NN(c3ccccc3)C(=Nc3ccccc3)SC2)cc1. The summed E-state index contributed by atoms with van der Waals surface area (Å²) in [6.07, 6.45) is 0. The zero-order valence-corrected chi connectivity index (χ0v) is 16.3. The maximum absolute atomic E-state index is 4.91. The summed E-state index contributed by atoms with van der Waals surface area (Å²) in [6, 6.07) is 28.4. The van der Waals surface area contributed by atoms with Crippen molar-refractivity contribution in [2.24, 2.45) is 10.1 Å². The molecule has 0 saturated heterocycles. The Labute approximate surface area is 165 Å².